The summed E-state index contributed by atoms with van der Waals surface area (Å²) in [6, 6.07) is 20.0. The van der Waals surface area contributed by atoms with Crippen LogP contribution in [0.3, 0.4) is 0 Å². The van der Waals surface area contributed by atoms with E-state index in [0.717, 1.165) is 55.4 Å². The third-order valence-corrected chi connectivity index (χ3v) is 7.53. The van der Waals surface area contributed by atoms with Crippen molar-refractivity contribution in [3.8, 4) is 22.6 Å². The summed E-state index contributed by atoms with van der Waals surface area (Å²) in [5, 5.41) is 13.2. The number of ether oxygens (including phenoxy) is 2. The number of carboxylic acid groups (broad SMARTS) is 1. The molecule has 2 aromatic heterocycles. The topological polar surface area (TPSA) is 78.5 Å². The molecule has 0 aliphatic carbocycles. The zero-order valence-corrected chi connectivity index (χ0v) is 21.1. The van der Waals surface area contributed by atoms with Gasteiger partial charge in [0.15, 0.2) is 11.5 Å². The van der Waals surface area contributed by atoms with E-state index in [1.165, 1.54) is 0 Å². The molecule has 1 N–H and O–H groups in total. The highest BCUT2D eigenvalue weighted by molar-refractivity contribution is 7.99. The lowest BCUT2D eigenvalue weighted by Crippen LogP contribution is -2.09. The maximum absolute atomic E-state index is 12.6. The first kappa shape index (κ1) is 23.2. The molecule has 0 saturated carbocycles. The number of fused-ring (bicyclic) bond motifs is 2. The monoisotopic (exact) mass is 511 g/mol. The van der Waals surface area contributed by atoms with Gasteiger partial charge in [-0.25, -0.2) is 9.78 Å². The van der Waals surface area contributed by atoms with Crippen LogP contribution < -0.4 is 9.47 Å². The highest BCUT2D eigenvalue weighted by Crippen LogP contribution is 2.38. The van der Waals surface area contributed by atoms with Crippen molar-refractivity contribution in [1.29, 1.82) is 0 Å². The van der Waals surface area contributed by atoms with E-state index in [9.17, 15) is 9.90 Å². The van der Waals surface area contributed by atoms with Crippen LogP contribution in [-0.2, 0) is 13.1 Å². The van der Waals surface area contributed by atoms with E-state index in [0.29, 0.717) is 18.7 Å². The normalized spacial score (nSPS) is 12.4. The fourth-order valence-corrected chi connectivity index (χ4v) is 5.75. The van der Waals surface area contributed by atoms with Crippen molar-refractivity contribution in [3.63, 3.8) is 0 Å². The molecule has 3 heterocycles. The van der Waals surface area contributed by atoms with Gasteiger partial charge in [-0.2, -0.15) is 0 Å². The molecule has 6 rings (SSSR count). The molecule has 37 heavy (non-hydrogen) atoms. The minimum Gasteiger partial charge on any atom is -0.478 e. The SMILES string of the molecule is CCSc1c(C(=O)O)c(-c2cccc3ccccc23)cn1Cc1cncn1Cc1ccc2c(c1)OCO2. The van der Waals surface area contributed by atoms with Gasteiger partial charge in [-0.15, -0.1) is 11.8 Å². The number of imidazole rings is 1. The molecule has 0 spiro atoms. The highest BCUT2D eigenvalue weighted by Gasteiger charge is 2.24. The molecule has 0 atom stereocenters. The van der Waals surface area contributed by atoms with E-state index in [-0.39, 0.29) is 6.79 Å². The number of hydrogen-bond acceptors (Lipinski definition) is 5. The minimum atomic E-state index is -0.925. The predicted molar refractivity (Wildman–Crippen MR) is 144 cm³/mol. The third kappa shape index (κ3) is 4.34. The Balaban J connectivity index is 1.40. The van der Waals surface area contributed by atoms with E-state index in [1.807, 2.05) is 84.5 Å². The second-order valence-corrected chi connectivity index (χ2v) is 10.1. The van der Waals surface area contributed by atoms with Crippen molar-refractivity contribution in [2.75, 3.05) is 12.5 Å². The number of carboxylic acids is 1. The quantitative estimate of drug-likeness (QED) is 0.252. The standard InChI is InChI=1S/C29H25N3O4S/c1-2-37-28-27(29(33)34)24(23-9-5-7-20-6-3-4-8-22(20)23)16-31(28)15-21-13-30-17-32(21)14-19-10-11-25-26(12-19)36-18-35-25/h3-13,16-17H,2,14-15,18H2,1H3,(H,33,34). The Morgan fingerprint density at radius 3 is 2.70 bits per heavy atom. The summed E-state index contributed by atoms with van der Waals surface area (Å²) in [6.07, 6.45) is 5.62. The number of carbonyl (C=O) groups is 1. The van der Waals surface area contributed by atoms with Gasteiger partial charge in [0, 0.05) is 24.5 Å². The number of nitrogens with zero attached hydrogens (tertiary/aromatic N) is 3. The Kier molecular flexibility index (Phi) is 6.10. The summed E-state index contributed by atoms with van der Waals surface area (Å²) in [5.41, 5.74) is 4.03. The fourth-order valence-electron chi connectivity index (χ4n) is 4.85. The molecule has 0 amide bonds. The van der Waals surface area contributed by atoms with Crippen LogP contribution in [0.2, 0.25) is 0 Å². The number of benzene rings is 3. The molecule has 0 saturated heterocycles. The van der Waals surface area contributed by atoms with Crippen molar-refractivity contribution in [3.05, 3.63) is 96.2 Å². The first-order valence-corrected chi connectivity index (χ1v) is 13.1. The van der Waals surface area contributed by atoms with Gasteiger partial charge in [0.1, 0.15) is 0 Å². The number of aromatic nitrogens is 3. The number of rotatable bonds is 8. The molecule has 5 aromatic rings. The van der Waals surface area contributed by atoms with E-state index in [1.54, 1.807) is 18.1 Å². The van der Waals surface area contributed by atoms with E-state index in [2.05, 4.69) is 9.55 Å². The molecular formula is C29H25N3O4S. The van der Waals surface area contributed by atoms with Crippen molar-refractivity contribution in [2.45, 2.75) is 25.0 Å². The van der Waals surface area contributed by atoms with Crippen LogP contribution in [0.5, 0.6) is 11.5 Å². The van der Waals surface area contributed by atoms with Crippen LogP contribution in [0.1, 0.15) is 28.5 Å². The van der Waals surface area contributed by atoms with Crippen LogP contribution in [0.15, 0.2) is 84.4 Å². The largest absolute Gasteiger partial charge is 0.478 e. The zero-order chi connectivity index (χ0) is 25.4. The summed E-state index contributed by atoms with van der Waals surface area (Å²) in [5.74, 6) is 1.34. The van der Waals surface area contributed by atoms with Gasteiger partial charge < -0.3 is 23.7 Å². The van der Waals surface area contributed by atoms with Crippen molar-refractivity contribution in [2.24, 2.45) is 0 Å². The van der Waals surface area contributed by atoms with Crippen LogP contribution >= 0.6 is 11.8 Å². The van der Waals surface area contributed by atoms with Crippen LogP contribution in [0.4, 0.5) is 0 Å². The van der Waals surface area contributed by atoms with Crippen molar-refractivity contribution >= 4 is 28.5 Å². The molecule has 0 unspecified atom stereocenters. The first-order valence-electron chi connectivity index (χ1n) is 12.1. The van der Waals surface area contributed by atoms with Gasteiger partial charge in [0.05, 0.1) is 29.2 Å². The smallest absolute Gasteiger partial charge is 0.339 e. The van der Waals surface area contributed by atoms with Crippen molar-refractivity contribution < 1.29 is 19.4 Å². The molecule has 8 heteroatoms. The maximum Gasteiger partial charge on any atom is 0.339 e. The van der Waals surface area contributed by atoms with E-state index in [4.69, 9.17) is 9.47 Å². The summed E-state index contributed by atoms with van der Waals surface area (Å²) in [6.45, 7) is 3.39. The lowest BCUT2D eigenvalue weighted by atomic mass is 9.98. The highest BCUT2D eigenvalue weighted by atomic mass is 32.2. The van der Waals surface area contributed by atoms with Crippen LogP contribution in [0, 0.1) is 0 Å². The van der Waals surface area contributed by atoms with Gasteiger partial charge >= 0.3 is 5.97 Å². The number of aromatic carboxylic acids is 1. The molecule has 3 aromatic carbocycles. The molecule has 1 aliphatic heterocycles. The van der Waals surface area contributed by atoms with Gasteiger partial charge in [-0.1, -0.05) is 55.5 Å². The number of hydrogen-bond donors (Lipinski definition) is 1. The van der Waals surface area contributed by atoms with Gasteiger partial charge in [-0.3, -0.25) is 0 Å². The Bertz CT molecular complexity index is 1620. The first-order chi connectivity index (χ1) is 18.1. The second kappa shape index (κ2) is 9.71. The Hall–Kier alpha value is -4.17. The molecule has 0 fully saturated rings. The molecular weight excluding hydrogens is 486 g/mol. The molecule has 186 valence electrons. The molecule has 0 bridgehead atoms. The third-order valence-electron chi connectivity index (χ3n) is 6.52. The lowest BCUT2D eigenvalue weighted by Gasteiger charge is -2.12. The average Bonchev–Trinajstić information content (AvgIpc) is 3.63. The minimum absolute atomic E-state index is 0.242. The zero-order valence-electron chi connectivity index (χ0n) is 20.3. The maximum atomic E-state index is 12.6. The summed E-state index contributed by atoms with van der Waals surface area (Å²) < 4.78 is 15.1. The van der Waals surface area contributed by atoms with Crippen LogP contribution in [-0.4, -0.2) is 37.7 Å². The molecule has 7 nitrogen and oxygen atoms in total. The van der Waals surface area contributed by atoms with Gasteiger partial charge in [-0.05, 0) is 39.8 Å². The summed E-state index contributed by atoms with van der Waals surface area (Å²) >= 11 is 1.54. The van der Waals surface area contributed by atoms with Crippen molar-refractivity contribution in [1.82, 2.24) is 14.1 Å². The van der Waals surface area contributed by atoms with Gasteiger partial charge in [0.25, 0.3) is 0 Å². The van der Waals surface area contributed by atoms with E-state index < -0.39 is 5.97 Å². The molecule has 0 radical (unpaired) electrons. The number of thioether (sulfide) groups is 1. The van der Waals surface area contributed by atoms with E-state index >= 15 is 0 Å². The van der Waals surface area contributed by atoms with Gasteiger partial charge in [0.2, 0.25) is 6.79 Å². The average molecular weight is 512 g/mol. The Morgan fingerprint density at radius 2 is 1.84 bits per heavy atom. The fraction of sp³-hybridized carbons (Fsp3) is 0.172. The lowest BCUT2D eigenvalue weighted by molar-refractivity contribution is 0.0693. The Morgan fingerprint density at radius 1 is 1.00 bits per heavy atom. The van der Waals surface area contributed by atoms with Crippen LogP contribution in [0.25, 0.3) is 21.9 Å². The second-order valence-electron chi connectivity index (χ2n) is 8.82. The Labute approximate surface area is 218 Å². The summed E-state index contributed by atoms with van der Waals surface area (Å²) in [4.78, 5) is 17.0. The predicted octanol–water partition coefficient (Wildman–Crippen LogP) is 6.14. The summed E-state index contributed by atoms with van der Waals surface area (Å²) in [7, 11) is 0. The molecule has 1 aliphatic rings.